The lowest BCUT2D eigenvalue weighted by molar-refractivity contribution is -0.123. The van der Waals surface area contributed by atoms with Gasteiger partial charge in [-0.2, -0.15) is 0 Å². The van der Waals surface area contributed by atoms with Gasteiger partial charge in [-0.3, -0.25) is 4.79 Å². The number of hydrogen-bond acceptors (Lipinski definition) is 2. The Bertz CT molecular complexity index is 521. The molecule has 1 heterocycles. The molecule has 2 aliphatic carbocycles. The molecule has 4 atom stereocenters. The summed E-state index contributed by atoms with van der Waals surface area (Å²) in [6, 6.07) is 9.02. The van der Waals surface area contributed by atoms with E-state index in [4.69, 9.17) is 0 Å². The SMILES string of the molecule is O=C(N[C@@H]1CCCNC1)C1C2CCc3ccccc3C21. The minimum absolute atomic E-state index is 0.237. The van der Waals surface area contributed by atoms with E-state index in [2.05, 4.69) is 34.9 Å². The topological polar surface area (TPSA) is 41.1 Å². The van der Waals surface area contributed by atoms with E-state index in [0.29, 0.717) is 23.8 Å². The van der Waals surface area contributed by atoms with Gasteiger partial charge < -0.3 is 10.6 Å². The van der Waals surface area contributed by atoms with Gasteiger partial charge in [-0.1, -0.05) is 24.3 Å². The zero-order valence-corrected chi connectivity index (χ0v) is 11.8. The average molecular weight is 270 g/mol. The van der Waals surface area contributed by atoms with E-state index in [1.54, 1.807) is 0 Å². The summed E-state index contributed by atoms with van der Waals surface area (Å²) in [6.45, 7) is 2.03. The molecular formula is C17H22N2O. The Kier molecular flexibility index (Phi) is 3.03. The van der Waals surface area contributed by atoms with Gasteiger partial charge in [0.1, 0.15) is 0 Å². The zero-order valence-electron chi connectivity index (χ0n) is 11.8. The molecule has 106 valence electrons. The second kappa shape index (κ2) is 4.88. The zero-order chi connectivity index (χ0) is 13.5. The Hall–Kier alpha value is -1.35. The average Bonchev–Trinajstić information content (AvgIpc) is 3.23. The summed E-state index contributed by atoms with van der Waals surface area (Å²) in [5.41, 5.74) is 2.90. The fourth-order valence-corrected chi connectivity index (χ4v) is 4.20. The summed E-state index contributed by atoms with van der Waals surface area (Å²) in [5.74, 6) is 1.63. The van der Waals surface area contributed by atoms with Crippen LogP contribution in [-0.2, 0) is 11.2 Å². The van der Waals surface area contributed by atoms with Crippen LogP contribution in [0.2, 0.25) is 0 Å². The Balaban J connectivity index is 1.45. The molecule has 2 N–H and O–H groups in total. The number of piperidine rings is 1. The molecule has 3 aliphatic rings. The van der Waals surface area contributed by atoms with Gasteiger partial charge in [-0.15, -0.1) is 0 Å². The minimum Gasteiger partial charge on any atom is -0.352 e. The number of amides is 1. The quantitative estimate of drug-likeness (QED) is 0.861. The summed E-state index contributed by atoms with van der Waals surface area (Å²) >= 11 is 0. The number of fused-ring (bicyclic) bond motifs is 3. The van der Waals surface area contributed by atoms with Crippen LogP contribution in [0.4, 0.5) is 0 Å². The van der Waals surface area contributed by atoms with Crippen LogP contribution in [-0.4, -0.2) is 25.0 Å². The van der Waals surface area contributed by atoms with Gasteiger partial charge >= 0.3 is 0 Å². The first-order valence-electron chi connectivity index (χ1n) is 7.93. The summed E-state index contributed by atoms with van der Waals surface area (Å²) in [5, 5.41) is 6.63. The van der Waals surface area contributed by atoms with Crippen LogP contribution in [0.25, 0.3) is 0 Å². The highest BCUT2D eigenvalue weighted by molar-refractivity contribution is 5.84. The van der Waals surface area contributed by atoms with Crippen LogP contribution >= 0.6 is 0 Å². The molecule has 2 fully saturated rings. The maximum absolute atomic E-state index is 12.5. The minimum atomic E-state index is 0.237. The van der Waals surface area contributed by atoms with Crippen molar-refractivity contribution in [1.29, 1.82) is 0 Å². The highest BCUT2D eigenvalue weighted by atomic mass is 16.2. The van der Waals surface area contributed by atoms with Crippen molar-refractivity contribution in [2.24, 2.45) is 11.8 Å². The second-order valence-corrected chi connectivity index (χ2v) is 6.50. The predicted octanol–water partition coefficient (Wildman–Crippen LogP) is 1.83. The largest absolute Gasteiger partial charge is 0.352 e. The number of hydrogen-bond donors (Lipinski definition) is 2. The molecule has 0 radical (unpaired) electrons. The predicted molar refractivity (Wildman–Crippen MR) is 78.5 cm³/mol. The van der Waals surface area contributed by atoms with Crippen molar-refractivity contribution in [3.63, 3.8) is 0 Å². The van der Waals surface area contributed by atoms with Crippen LogP contribution < -0.4 is 10.6 Å². The molecular weight excluding hydrogens is 248 g/mol. The summed E-state index contributed by atoms with van der Waals surface area (Å²) in [4.78, 5) is 12.5. The first-order chi connectivity index (χ1) is 9.84. The van der Waals surface area contributed by atoms with Crippen molar-refractivity contribution < 1.29 is 4.79 Å². The molecule has 1 aromatic rings. The van der Waals surface area contributed by atoms with Gasteiger partial charge in [0, 0.05) is 18.5 Å². The summed E-state index contributed by atoms with van der Waals surface area (Å²) < 4.78 is 0. The lowest BCUT2D eigenvalue weighted by Gasteiger charge is -2.23. The lowest BCUT2D eigenvalue weighted by atomic mass is 9.92. The fourth-order valence-electron chi connectivity index (χ4n) is 4.20. The molecule has 4 rings (SSSR count). The fraction of sp³-hybridized carbons (Fsp3) is 0.588. The van der Waals surface area contributed by atoms with Gasteiger partial charge in [-0.25, -0.2) is 0 Å². The molecule has 20 heavy (non-hydrogen) atoms. The molecule has 3 unspecified atom stereocenters. The van der Waals surface area contributed by atoms with Crippen LogP contribution in [0.1, 0.15) is 36.3 Å². The lowest BCUT2D eigenvalue weighted by Crippen LogP contribution is -2.46. The van der Waals surface area contributed by atoms with Crippen molar-refractivity contribution in [1.82, 2.24) is 10.6 Å². The molecule has 3 nitrogen and oxygen atoms in total. The summed E-state index contributed by atoms with van der Waals surface area (Å²) in [6.07, 6.45) is 4.62. The Labute approximate surface area is 120 Å². The maximum atomic E-state index is 12.5. The number of rotatable bonds is 2. The van der Waals surface area contributed by atoms with Crippen LogP contribution in [0.5, 0.6) is 0 Å². The number of aryl methyl sites for hydroxylation is 1. The van der Waals surface area contributed by atoms with Crippen molar-refractivity contribution in [2.75, 3.05) is 13.1 Å². The molecule has 1 aliphatic heterocycles. The third-order valence-corrected chi connectivity index (χ3v) is 5.28. The van der Waals surface area contributed by atoms with E-state index in [1.807, 2.05) is 0 Å². The third-order valence-electron chi connectivity index (χ3n) is 5.28. The van der Waals surface area contributed by atoms with E-state index >= 15 is 0 Å². The molecule has 1 amide bonds. The first kappa shape index (κ1) is 12.4. The third kappa shape index (κ3) is 2.05. The van der Waals surface area contributed by atoms with E-state index in [0.717, 1.165) is 25.9 Å². The highest BCUT2D eigenvalue weighted by Crippen LogP contribution is 2.59. The van der Waals surface area contributed by atoms with E-state index in [-0.39, 0.29) is 5.92 Å². The molecule has 1 aromatic carbocycles. The molecule has 3 heteroatoms. The molecule has 1 saturated carbocycles. The second-order valence-electron chi connectivity index (χ2n) is 6.50. The Morgan fingerprint density at radius 1 is 1.25 bits per heavy atom. The van der Waals surface area contributed by atoms with Crippen LogP contribution in [0, 0.1) is 11.8 Å². The number of carbonyl (C=O) groups is 1. The van der Waals surface area contributed by atoms with Gasteiger partial charge in [0.15, 0.2) is 0 Å². The van der Waals surface area contributed by atoms with Gasteiger partial charge in [0.2, 0.25) is 5.91 Å². The van der Waals surface area contributed by atoms with Crippen LogP contribution in [0.3, 0.4) is 0 Å². The normalized spacial score (nSPS) is 34.8. The van der Waals surface area contributed by atoms with Crippen molar-refractivity contribution >= 4 is 5.91 Å². The molecule has 1 saturated heterocycles. The van der Waals surface area contributed by atoms with Gasteiger partial charge in [0.05, 0.1) is 0 Å². The summed E-state index contributed by atoms with van der Waals surface area (Å²) in [7, 11) is 0. The first-order valence-corrected chi connectivity index (χ1v) is 7.93. The Morgan fingerprint density at radius 2 is 2.15 bits per heavy atom. The number of nitrogens with one attached hydrogen (secondary N) is 2. The van der Waals surface area contributed by atoms with E-state index in [1.165, 1.54) is 24.0 Å². The van der Waals surface area contributed by atoms with Crippen molar-refractivity contribution in [3.8, 4) is 0 Å². The molecule has 0 bridgehead atoms. The van der Waals surface area contributed by atoms with E-state index < -0.39 is 0 Å². The maximum Gasteiger partial charge on any atom is 0.224 e. The van der Waals surface area contributed by atoms with Crippen molar-refractivity contribution in [2.45, 2.75) is 37.6 Å². The van der Waals surface area contributed by atoms with Crippen molar-refractivity contribution in [3.05, 3.63) is 35.4 Å². The number of carbonyl (C=O) groups excluding carboxylic acids is 1. The molecule has 0 aromatic heterocycles. The molecule has 0 spiro atoms. The standard InChI is InChI=1S/C17H22N2O/c20-17(19-12-5-3-9-18-10-12)16-14-8-7-11-4-1-2-6-13(11)15(14)16/h1-2,4,6,12,14-16,18H,3,5,7-10H2,(H,19,20)/t12-,14?,15?,16?/m1/s1. The van der Waals surface area contributed by atoms with E-state index in [9.17, 15) is 4.79 Å². The monoisotopic (exact) mass is 270 g/mol. The van der Waals surface area contributed by atoms with Crippen LogP contribution in [0.15, 0.2) is 24.3 Å². The smallest absolute Gasteiger partial charge is 0.224 e. The highest BCUT2D eigenvalue weighted by Gasteiger charge is 2.57. The number of benzene rings is 1. The Morgan fingerprint density at radius 3 is 3.00 bits per heavy atom. The van der Waals surface area contributed by atoms with Gasteiger partial charge in [-0.05, 0) is 55.2 Å². The van der Waals surface area contributed by atoms with Gasteiger partial charge in [0.25, 0.3) is 0 Å².